The van der Waals surface area contributed by atoms with Crippen molar-refractivity contribution in [2.45, 2.75) is 38.7 Å². The van der Waals surface area contributed by atoms with Crippen LogP contribution in [0.3, 0.4) is 0 Å². The molecule has 116 valence electrons. The fraction of sp³-hybridized carbons (Fsp3) is 0.692. The van der Waals surface area contributed by atoms with Gasteiger partial charge in [-0.25, -0.2) is 4.98 Å². The van der Waals surface area contributed by atoms with Gasteiger partial charge in [0.25, 0.3) is 0 Å². The van der Waals surface area contributed by atoms with Gasteiger partial charge in [-0.05, 0) is 26.2 Å². The highest BCUT2D eigenvalue weighted by molar-refractivity contribution is 5.57. The molecule has 1 aliphatic heterocycles. The fourth-order valence-corrected chi connectivity index (χ4v) is 2.21. The summed E-state index contributed by atoms with van der Waals surface area (Å²) in [7, 11) is 0. The molecule has 2 rings (SSSR count). The van der Waals surface area contributed by atoms with Crippen LogP contribution in [0.2, 0.25) is 0 Å². The summed E-state index contributed by atoms with van der Waals surface area (Å²) in [6, 6.07) is 0. The highest BCUT2D eigenvalue weighted by Gasteiger charge is 2.30. The Labute approximate surface area is 123 Å². The van der Waals surface area contributed by atoms with Gasteiger partial charge in [-0.1, -0.05) is 6.92 Å². The lowest BCUT2D eigenvalue weighted by Gasteiger charge is -2.23. The zero-order valence-corrected chi connectivity index (χ0v) is 12.4. The van der Waals surface area contributed by atoms with E-state index in [0.29, 0.717) is 12.5 Å². The summed E-state index contributed by atoms with van der Waals surface area (Å²) in [5.41, 5.74) is -0.422. The second-order valence-corrected chi connectivity index (χ2v) is 5.37. The lowest BCUT2D eigenvalue weighted by atomic mass is 10.0. The molecule has 1 aromatic heterocycles. The van der Waals surface area contributed by atoms with Crippen LogP contribution in [0.25, 0.3) is 0 Å². The molecule has 1 aliphatic rings. The van der Waals surface area contributed by atoms with Crippen LogP contribution < -0.4 is 10.6 Å². The Bertz CT molecular complexity index is 503. The molecule has 2 heterocycles. The van der Waals surface area contributed by atoms with Gasteiger partial charge in [0, 0.05) is 19.7 Å². The topological polar surface area (TPSA) is 102 Å². The molecule has 0 aromatic carbocycles. The molecule has 2 N–H and O–H groups in total. The predicted octanol–water partition coefficient (Wildman–Crippen LogP) is 2.19. The molecule has 0 bridgehead atoms. The number of nitrogens with zero attached hydrogens (tertiary/aromatic N) is 3. The maximum atomic E-state index is 11.1. The quantitative estimate of drug-likeness (QED) is 0.587. The van der Waals surface area contributed by atoms with Gasteiger partial charge in [-0.2, -0.15) is 4.98 Å². The lowest BCUT2D eigenvalue weighted by molar-refractivity contribution is -0.384. The van der Waals surface area contributed by atoms with E-state index in [2.05, 4.69) is 20.6 Å². The first-order valence-corrected chi connectivity index (χ1v) is 7.17. The van der Waals surface area contributed by atoms with Gasteiger partial charge in [0.05, 0.1) is 10.5 Å². The van der Waals surface area contributed by atoms with E-state index in [1.54, 1.807) is 0 Å². The predicted molar refractivity (Wildman–Crippen MR) is 79.5 cm³/mol. The fourth-order valence-electron chi connectivity index (χ4n) is 2.21. The zero-order valence-electron chi connectivity index (χ0n) is 12.4. The number of aromatic nitrogens is 2. The first-order valence-electron chi connectivity index (χ1n) is 7.17. The average Bonchev–Trinajstić information content (AvgIpc) is 2.90. The van der Waals surface area contributed by atoms with Crippen LogP contribution in [0, 0.1) is 10.1 Å². The maximum Gasteiger partial charge on any atom is 0.329 e. The van der Waals surface area contributed by atoms with Crippen LogP contribution in [0.4, 0.5) is 17.5 Å². The molecule has 8 nitrogen and oxygen atoms in total. The van der Waals surface area contributed by atoms with Crippen molar-refractivity contribution in [3.8, 4) is 0 Å². The Hall–Kier alpha value is -1.96. The van der Waals surface area contributed by atoms with Gasteiger partial charge < -0.3 is 15.4 Å². The van der Waals surface area contributed by atoms with Crippen molar-refractivity contribution in [2.75, 3.05) is 30.3 Å². The first kappa shape index (κ1) is 15.4. The summed E-state index contributed by atoms with van der Waals surface area (Å²) in [5, 5.41) is 17.1. The van der Waals surface area contributed by atoms with E-state index in [4.69, 9.17) is 4.74 Å². The molecular formula is C13H21N5O3. The summed E-state index contributed by atoms with van der Waals surface area (Å²) in [4.78, 5) is 18.7. The summed E-state index contributed by atoms with van der Waals surface area (Å²) >= 11 is 0. The monoisotopic (exact) mass is 295 g/mol. The average molecular weight is 295 g/mol. The third-order valence-electron chi connectivity index (χ3n) is 3.43. The second-order valence-electron chi connectivity index (χ2n) is 5.37. The third kappa shape index (κ3) is 4.01. The van der Waals surface area contributed by atoms with Crippen molar-refractivity contribution >= 4 is 17.5 Å². The molecule has 1 unspecified atom stereocenters. The van der Waals surface area contributed by atoms with Crippen molar-refractivity contribution in [3.05, 3.63) is 16.3 Å². The number of hydrogen-bond acceptors (Lipinski definition) is 7. The molecule has 1 aromatic rings. The van der Waals surface area contributed by atoms with Gasteiger partial charge in [0.15, 0.2) is 0 Å². The van der Waals surface area contributed by atoms with Crippen LogP contribution in [-0.2, 0) is 4.74 Å². The maximum absolute atomic E-state index is 11.1. The molecule has 21 heavy (non-hydrogen) atoms. The number of rotatable bonds is 7. The number of hydrogen-bond donors (Lipinski definition) is 2. The molecule has 0 amide bonds. The number of nitrogens with one attached hydrogen (secondary N) is 2. The zero-order chi connectivity index (χ0) is 15.3. The Morgan fingerprint density at radius 3 is 2.95 bits per heavy atom. The second kappa shape index (κ2) is 6.66. The molecule has 0 aliphatic carbocycles. The van der Waals surface area contributed by atoms with E-state index >= 15 is 0 Å². The summed E-state index contributed by atoms with van der Waals surface area (Å²) in [6.07, 6.45) is 4.09. The Morgan fingerprint density at radius 2 is 2.33 bits per heavy atom. The molecule has 0 radical (unpaired) electrons. The van der Waals surface area contributed by atoms with E-state index in [1.807, 2.05) is 13.8 Å². The number of anilines is 2. The SMILES string of the molecule is CCCNc1ncc([N+](=O)[O-])c(NCC2(C)CCCO2)n1. The summed E-state index contributed by atoms with van der Waals surface area (Å²) in [6.45, 7) is 5.95. The van der Waals surface area contributed by atoms with Crippen molar-refractivity contribution in [1.82, 2.24) is 9.97 Å². The van der Waals surface area contributed by atoms with E-state index < -0.39 is 4.92 Å². The highest BCUT2D eigenvalue weighted by Crippen LogP contribution is 2.27. The molecule has 1 saturated heterocycles. The van der Waals surface area contributed by atoms with Crippen LogP contribution in [-0.4, -0.2) is 40.2 Å². The molecule has 1 atom stereocenters. The highest BCUT2D eigenvalue weighted by atomic mass is 16.6. The van der Waals surface area contributed by atoms with Crippen molar-refractivity contribution < 1.29 is 9.66 Å². The minimum absolute atomic E-state index is 0.126. The molecule has 8 heteroatoms. The molecular weight excluding hydrogens is 274 g/mol. The van der Waals surface area contributed by atoms with Gasteiger partial charge >= 0.3 is 5.69 Å². The van der Waals surface area contributed by atoms with Gasteiger partial charge in [0.1, 0.15) is 6.20 Å². The number of nitro groups is 1. The van der Waals surface area contributed by atoms with Crippen molar-refractivity contribution in [3.63, 3.8) is 0 Å². The van der Waals surface area contributed by atoms with Crippen LogP contribution >= 0.6 is 0 Å². The Morgan fingerprint density at radius 1 is 1.52 bits per heavy atom. The largest absolute Gasteiger partial charge is 0.373 e. The van der Waals surface area contributed by atoms with Gasteiger partial charge in [0.2, 0.25) is 11.8 Å². The normalized spacial score (nSPS) is 21.2. The molecule has 0 spiro atoms. The minimum Gasteiger partial charge on any atom is -0.373 e. The smallest absolute Gasteiger partial charge is 0.329 e. The third-order valence-corrected chi connectivity index (χ3v) is 3.43. The van der Waals surface area contributed by atoms with E-state index in [0.717, 1.165) is 32.4 Å². The van der Waals surface area contributed by atoms with E-state index in [-0.39, 0.29) is 17.1 Å². The minimum atomic E-state index is -0.482. The first-order chi connectivity index (χ1) is 10.0. The lowest BCUT2D eigenvalue weighted by Crippen LogP contribution is -2.33. The van der Waals surface area contributed by atoms with Crippen LogP contribution in [0.1, 0.15) is 33.1 Å². The Kier molecular flexibility index (Phi) is 4.89. The van der Waals surface area contributed by atoms with Crippen LogP contribution in [0.5, 0.6) is 0 Å². The van der Waals surface area contributed by atoms with Crippen LogP contribution in [0.15, 0.2) is 6.20 Å². The van der Waals surface area contributed by atoms with Crippen molar-refractivity contribution in [2.24, 2.45) is 0 Å². The van der Waals surface area contributed by atoms with E-state index in [9.17, 15) is 10.1 Å². The van der Waals surface area contributed by atoms with E-state index in [1.165, 1.54) is 6.20 Å². The van der Waals surface area contributed by atoms with Crippen molar-refractivity contribution in [1.29, 1.82) is 0 Å². The molecule has 1 fully saturated rings. The van der Waals surface area contributed by atoms with Gasteiger partial charge in [-0.15, -0.1) is 0 Å². The molecule has 0 saturated carbocycles. The number of ether oxygens (including phenoxy) is 1. The Balaban J connectivity index is 2.11. The summed E-state index contributed by atoms with van der Waals surface area (Å²) in [5.74, 6) is 0.618. The summed E-state index contributed by atoms with van der Waals surface area (Å²) < 4.78 is 5.67. The standard InChI is InChI=1S/C13H21N5O3/c1-3-6-14-12-15-8-10(18(19)20)11(17-12)16-9-13(2)5-4-7-21-13/h8H,3-7,9H2,1-2H3,(H2,14,15,16,17). The van der Waals surface area contributed by atoms with Gasteiger partial charge in [-0.3, -0.25) is 10.1 Å².